The van der Waals surface area contributed by atoms with Gasteiger partial charge in [-0.3, -0.25) is 4.79 Å². The molecule has 0 spiro atoms. The molecule has 1 atom stereocenters. The van der Waals surface area contributed by atoms with Crippen LogP contribution in [0.1, 0.15) is 24.4 Å². The number of halogens is 1. The number of fused-ring (bicyclic) bond motifs is 1. The lowest BCUT2D eigenvalue weighted by atomic mass is 10.1. The van der Waals surface area contributed by atoms with Crippen molar-refractivity contribution in [3.05, 3.63) is 78.1 Å². The molecule has 4 aromatic rings. The molecule has 0 bridgehead atoms. The zero-order valence-corrected chi connectivity index (χ0v) is 22.0. The van der Waals surface area contributed by atoms with Crippen LogP contribution in [0.5, 0.6) is 0 Å². The number of hydrogen-bond acceptors (Lipinski definition) is 7. The summed E-state index contributed by atoms with van der Waals surface area (Å²) in [6, 6.07) is 13.3. The number of anilines is 1. The third-order valence-electron chi connectivity index (χ3n) is 6.56. The smallest absolute Gasteiger partial charge is 0.246 e. The second-order valence-corrected chi connectivity index (χ2v) is 11.2. The molecule has 3 N–H and O–H groups in total. The summed E-state index contributed by atoms with van der Waals surface area (Å²) in [7, 11) is -3.69. The highest BCUT2D eigenvalue weighted by molar-refractivity contribution is 7.89. The zero-order chi connectivity index (χ0) is 26.9. The van der Waals surface area contributed by atoms with Gasteiger partial charge in [0.1, 0.15) is 17.8 Å². The maximum absolute atomic E-state index is 12.6. The van der Waals surface area contributed by atoms with E-state index in [1.54, 1.807) is 4.90 Å². The minimum Gasteiger partial charge on any atom is -0.383 e. The molecule has 0 unspecified atom stereocenters. The monoisotopic (exact) mass is 551 g/mol. The van der Waals surface area contributed by atoms with E-state index in [-0.39, 0.29) is 23.4 Å². The Bertz CT molecular complexity index is 1600. The fraction of sp³-hybridized carbons (Fsp3) is 0.231. The number of likely N-dealkylation sites (tertiary alicyclic amines) is 1. The van der Waals surface area contributed by atoms with E-state index in [4.69, 9.17) is 22.4 Å². The Balaban J connectivity index is 1.40. The first-order valence-corrected chi connectivity index (χ1v) is 13.9. The summed E-state index contributed by atoms with van der Waals surface area (Å²) in [6.07, 6.45) is 4.41. The summed E-state index contributed by atoms with van der Waals surface area (Å²) in [6.45, 7) is 4.88. The van der Waals surface area contributed by atoms with Gasteiger partial charge in [-0.05, 0) is 48.7 Å². The first-order chi connectivity index (χ1) is 18.3. The Hall–Kier alpha value is -3.80. The van der Waals surface area contributed by atoms with Gasteiger partial charge in [0.15, 0.2) is 5.65 Å². The molecule has 5 rings (SSSR count). The molecule has 1 aliphatic rings. The molecule has 3 heterocycles. The van der Waals surface area contributed by atoms with Gasteiger partial charge in [-0.1, -0.05) is 42.4 Å². The summed E-state index contributed by atoms with van der Waals surface area (Å²) in [5, 5.41) is 5.97. The van der Waals surface area contributed by atoms with Gasteiger partial charge in [-0.15, -0.1) is 0 Å². The van der Waals surface area contributed by atoms with Crippen LogP contribution in [0.4, 0.5) is 5.82 Å². The molecule has 1 amide bonds. The molecular formula is C26H26ClN7O3S. The minimum absolute atomic E-state index is 0.0697. The highest BCUT2D eigenvalue weighted by Gasteiger charge is 2.28. The van der Waals surface area contributed by atoms with E-state index in [1.807, 2.05) is 28.9 Å². The highest BCUT2D eigenvalue weighted by atomic mass is 35.5. The SMILES string of the molecule is C=CC(=O)N1CCC[C@@H](n2nc(-c3ccc(CNS(=O)(=O)c4ccc(Cl)cc4)cc3)c3c(N)ncnc32)C1. The van der Waals surface area contributed by atoms with Gasteiger partial charge in [-0.2, -0.15) is 5.10 Å². The molecule has 0 saturated carbocycles. The second kappa shape index (κ2) is 10.5. The molecule has 12 heteroatoms. The fourth-order valence-electron chi connectivity index (χ4n) is 4.59. The summed E-state index contributed by atoms with van der Waals surface area (Å²) >= 11 is 5.86. The van der Waals surface area contributed by atoms with E-state index >= 15 is 0 Å². The number of carbonyl (C=O) groups is 1. The van der Waals surface area contributed by atoms with E-state index in [9.17, 15) is 13.2 Å². The number of hydrogen-bond donors (Lipinski definition) is 2. The molecule has 2 aromatic carbocycles. The van der Waals surface area contributed by atoms with Crippen molar-refractivity contribution in [2.75, 3.05) is 18.8 Å². The number of rotatable bonds is 7. The van der Waals surface area contributed by atoms with Crippen LogP contribution in [-0.4, -0.2) is 52.1 Å². The van der Waals surface area contributed by atoms with Gasteiger partial charge in [0.2, 0.25) is 15.9 Å². The van der Waals surface area contributed by atoms with Crippen LogP contribution in [-0.2, 0) is 21.4 Å². The molecular weight excluding hydrogens is 526 g/mol. The van der Waals surface area contributed by atoms with Crippen LogP contribution in [0.15, 0.2) is 72.4 Å². The molecule has 0 radical (unpaired) electrons. The van der Waals surface area contributed by atoms with E-state index in [0.29, 0.717) is 40.7 Å². The van der Waals surface area contributed by atoms with E-state index in [1.165, 1.54) is 36.7 Å². The molecule has 38 heavy (non-hydrogen) atoms. The summed E-state index contributed by atoms with van der Waals surface area (Å²) < 4.78 is 29.6. The van der Waals surface area contributed by atoms with Crippen molar-refractivity contribution in [2.24, 2.45) is 0 Å². The van der Waals surface area contributed by atoms with Crippen LogP contribution < -0.4 is 10.5 Å². The third-order valence-corrected chi connectivity index (χ3v) is 8.23. The summed E-state index contributed by atoms with van der Waals surface area (Å²) in [5.74, 6) is 0.202. The second-order valence-electron chi connectivity index (χ2n) is 9.01. The van der Waals surface area contributed by atoms with Crippen molar-refractivity contribution in [3.8, 4) is 11.3 Å². The molecule has 0 aliphatic carbocycles. The Morgan fingerprint density at radius 1 is 1.16 bits per heavy atom. The Morgan fingerprint density at radius 2 is 1.89 bits per heavy atom. The number of benzene rings is 2. The van der Waals surface area contributed by atoms with E-state index in [2.05, 4.69) is 21.3 Å². The predicted octanol–water partition coefficient (Wildman–Crippen LogP) is 3.56. The van der Waals surface area contributed by atoms with Gasteiger partial charge in [-0.25, -0.2) is 27.8 Å². The Morgan fingerprint density at radius 3 is 2.61 bits per heavy atom. The predicted molar refractivity (Wildman–Crippen MR) is 146 cm³/mol. The quantitative estimate of drug-likeness (QED) is 0.335. The topological polar surface area (TPSA) is 136 Å². The number of nitrogen functional groups attached to an aromatic ring is 1. The van der Waals surface area contributed by atoms with Crippen molar-refractivity contribution < 1.29 is 13.2 Å². The number of nitrogens with zero attached hydrogens (tertiary/aromatic N) is 5. The van der Waals surface area contributed by atoms with Crippen LogP contribution >= 0.6 is 11.6 Å². The van der Waals surface area contributed by atoms with Crippen molar-refractivity contribution in [2.45, 2.75) is 30.3 Å². The fourth-order valence-corrected chi connectivity index (χ4v) is 5.74. The van der Waals surface area contributed by atoms with Crippen molar-refractivity contribution in [1.82, 2.24) is 29.4 Å². The molecule has 1 fully saturated rings. The molecule has 196 valence electrons. The number of piperidine rings is 1. The summed E-state index contributed by atoms with van der Waals surface area (Å²) in [4.78, 5) is 22.7. The maximum Gasteiger partial charge on any atom is 0.246 e. The van der Waals surface area contributed by atoms with Crippen molar-refractivity contribution >= 4 is 44.4 Å². The number of nitrogens with two attached hydrogens (primary N) is 1. The third kappa shape index (κ3) is 5.13. The van der Waals surface area contributed by atoms with Crippen molar-refractivity contribution in [1.29, 1.82) is 0 Å². The number of nitrogens with one attached hydrogen (secondary N) is 1. The lowest BCUT2D eigenvalue weighted by Gasteiger charge is -2.32. The zero-order valence-electron chi connectivity index (χ0n) is 20.4. The largest absolute Gasteiger partial charge is 0.383 e. The Kier molecular flexibility index (Phi) is 7.15. The molecule has 1 aliphatic heterocycles. The van der Waals surface area contributed by atoms with E-state index in [0.717, 1.165) is 24.0 Å². The number of carbonyl (C=O) groups excluding carboxylic acids is 1. The maximum atomic E-state index is 12.6. The lowest BCUT2D eigenvalue weighted by molar-refractivity contribution is -0.127. The number of amides is 1. The van der Waals surface area contributed by atoms with Gasteiger partial charge < -0.3 is 10.6 Å². The first-order valence-electron chi connectivity index (χ1n) is 12.0. The van der Waals surface area contributed by atoms with Crippen LogP contribution in [0.3, 0.4) is 0 Å². The normalized spacial score (nSPS) is 16.0. The average Bonchev–Trinajstić information content (AvgIpc) is 3.33. The number of sulfonamides is 1. The minimum atomic E-state index is -3.69. The summed E-state index contributed by atoms with van der Waals surface area (Å²) in [5.41, 5.74) is 9.04. The van der Waals surface area contributed by atoms with Crippen molar-refractivity contribution in [3.63, 3.8) is 0 Å². The molecule has 10 nitrogen and oxygen atoms in total. The molecule has 2 aromatic heterocycles. The highest BCUT2D eigenvalue weighted by Crippen LogP contribution is 2.34. The number of aromatic nitrogens is 4. The first kappa shape index (κ1) is 25.8. The van der Waals surface area contributed by atoms with Crippen LogP contribution in [0.2, 0.25) is 5.02 Å². The van der Waals surface area contributed by atoms with Crippen LogP contribution in [0, 0.1) is 0 Å². The van der Waals surface area contributed by atoms with E-state index < -0.39 is 10.0 Å². The molecule has 1 saturated heterocycles. The van der Waals surface area contributed by atoms with Gasteiger partial charge >= 0.3 is 0 Å². The van der Waals surface area contributed by atoms with Gasteiger partial charge in [0.25, 0.3) is 0 Å². The van der Waals surface area contributed by atoms with Gasteiger partial charge in [0, 0.05) is 30.2 Å². The standard InChI is InChI=1S/C26H26ClN7O3S/c1-2-22(35)33-13-3-4-20(15-33)34-26-23(25(28)29-16-30-26)24(32-34)18-7-5-17(6-8-18)14-31-38(36,37)21-11-9-19(27)10-12-21/h2,5-12,16,20,31H,1,3-4,13-15H2,(H2,28,29,30)/t20-/m1/s1. The average molecular weight is 552 g/mol. The lowest BCUT2D eigenvalue weighted by Crippen LogP contribution is -2.40. The van der Waals surface area contributed by atoms with Gasteiger partial charge in [0.05, 0.1) is 16.3 Å². The Labute approximate surface area is 225 Å². The van der Waals surface area contributed by atoms with Crippen LogP contribution in [0.25, 0.3) is 22.3 Å².